The number of rotatable bonds is 6. The van der Waals surface area contributed by atoms with Crippen LogP contribution in [0.4, 0.5) is 0 Å². The van der Waals surface area contributed by atoms with E-state index in [0.717, 1.165) is 16.8 Å². The van der Waals surface area contributed by atoms with Gasteiger partial charge >= 0.3 is 0 Å². The summed E-state index contributed by atoms with van der Waals surface area (Å²) in [7, 11) is 0. The van der Waals surface area contributed by atoms with Crippen molar-refractivity contribution in [3.05, 3.63) is 69.7 Å². The molecule has 7 heteroatoms. The van der Waals surface area contributed by atoms with Crippen LogP contribution < -0.4 is 16.6 Å². The molecule has 0 radical (unpaired) electrons. The number of halogens is 2. The van der Waals surface area contributed by atoms with E-state index in [2.05, 4.69) is 21.1 Å². The summed E-state index contributed by atoms with van der Waals surface area (Å²) < 4.78 is 0. The lowest BCUT2D eigenvalue weighted by atomic mass is 10.1. The summed E-state index contributed by atoms with van der Waals surface area (Å²) >= 11 is 11.7. The molecule has 1 unspecified atom stereocenters. The van der Waals surface area contributed by atoms with E-state index in [1.807, 2.05) is 43.3 Å². The molecule has 0 aliphatic carbocycles. The van der Waals surface area contributed by atoms with Gasteiger partial charge in [0.25, 0.3) is 0 Å². The highest BCUT2D eigenvalue weighted by atomic mass is 35.5. The number of hydrazone groups is 2. The monoisotopic (exact) mass is 349 g/mol. The molecule has 0 bridgehead atoms. The lowest BCUT2D eigenvalue weighted by Gasteiger charge is -2.11. The standard InChI is InChI=1S/C16H17Cl2N5/c1-11(13-4-8-15(18)9-5-13)21-23-16(19)22-20-10-12-2-6-14(17)7-3-12/h2-10,16,22-23H,19H2,1H3/b20-10+,21-11+. The first-order valence-corrected chi connectivity index (χ1v) is 7.66. The molecule has 0 fully saturated rings. The van der Waals surface area contributed by atoms with Gasteiger partial charge in [0.2, 0.25) is 0 Å². The van der Waals surface area contributed by atoms with Crippen LogP contribution in [0.2, 0.25) is 10.0 Å². The van der Waals surface area contributed by atoms with E-state index in [1.165, 1.54) is 0 Å². The molecular weight excluding hydrogens is 333 g/mol. The maximum atomic E-state index is 5.85. The van der Waals surface area contributed by atoms with Crippen LogP contribution in [0, 0.1) is 0 Å². The first-order chi connectivity index (χ1) is 11.0. The molecule has 2 rings (SSSR count). The number of hydrogen-bond acceptors (Lipinski definition) is 5. The second kappa shape index (κ2) is 8.53. The fourth-order valence-electron chi connectivity index (χ4n) is 1.69. The Morgan fingerprint density at radius 2 is 1.57 bits per heavy atom. The van der Waals surface area contributed by atoms with Crippen molar-refractivity contribution in [3.63, 3.8) is 0 Å². The average Bonchev–Trinajstić information content (AvgIpc) is 2.55. The molecule has 0 amide bonds. The number of nitrogens with one attached hydrogen (secondary N) is 2. The summed E-state index contributed by atoms with van der Waals surface area (Å²) in [4.78, 5) is 0. The van der Waals surface area contributed by atoms with Gasteiger partial charge in [-0.2, -0.15) is 10.2 Å². The summed E-state index contributed by atoms with van der Waals surface area (Å²) in [5, 5.41) is 9.61. The van der Waals surface area contributed by atoms with Gasteiger partial charge in [0, 0.05) is 10.0 Å². The van der Waals surface area contributed by atoms with Gasteiger partial charge in [-0.1, -0.05) is 47.5 Å². The fourth-order valence-corrected chi connectivity index (χ4v) is 1.94. The first kappa shape index (κ1) is 17.3. The minimum atomic E-state index is -0.610. The summed E-state index contributed by atoms with van der Waals surface area (Å²) in [5.74, 6) is 0. The Labute approximate surface area is 145 Å². The van der Waals surface area contributed by atoms with Gasteiger partial charge in [0.1, 0.15) is 0 Å². The molecule has 0 saturated heterocycles. The van der Waals surface area contributed by atoms with Crippen molar-refractivity contribution in [1.82, 2.24) is 10.9 Å². The van der Waals surface area contributed by atoms with Crippen LogP contribution in [-0.4, -0.2) is 18.2 Å². The molecule has 23 heavy (non-hydrogen) atoms. The van der Waals surface area contributed by atoms with Gasteiger partial charge in [-0.3, -0.25) is 16.6 Å². The molecule has 4 N–H and O–H groups in total. The topological polar surface area (TPSA) is 74.8 Å². The Kier molecular flexibility index (Phi) is 6.40. The zero-order chi connectivity index (χ0) is 16.7. The number of hydrogen-bond donors (Lipinski definition) is 3. The van der Waals surface area contributed by atoms with Crippen molar-refractivity contribution in [2.24, 2.45) is 15.9 Å². The van der Waals surface area contributed by atoms with E-state index in [4.69, 9.17) is 28.9 Å². The Balaban J connectivity index is 1.84. The summed E-state index contributed by atoms with van der Waals surface area (Å²) in [6, 6.07) is 14.7. The number of nitrogens with two attached hydrogens (primary N) is 1. The smallest absolute Gasteiger partial charge is 0.180 e. The van der Waals surface area contributed by atoms with E-state index in [0.29, 0.717) is 10.0 Å². The number of nitrogens with zero attached hydrogens (tertiary/aromatic N) is 2. The first-order valence-electron chi connectivity index (χ1n) is 6.90. The summed E-state index contributed by atoms with van der Waals surface area (Å²) in [6.07, 6.45) is 1.04. The van der Waals surface area contributed by atoms with E-state index < -0.39 is 6.29 Å². The Morgan fingerprint density at radius 3 is 2.17 bits per heavy atom. The van der Waals surface area contributed by atoms with E-state index in [-0.39, 0.29) is 0 Å². The molecule has 120 valence electrons. The molecule has 2 aromatic rings. The van der Waals surface area contributed by atoms with Crippen molar-refractivity contribution in [1.29, 1.82) is 0 Å². The Morgan fingerprint density at radius 1 is 1.00 bits per heavy atom. The highest BCUT2D eigenvalue weighted by Crippen LogP contribution is 2.10. The minimum Gasteiger partial charge on any atom is -0.292 e. The molecule has 5 nitrogen and oxygen atoms in total. The van der Waals surface area contributed by atoms with Crippen molar-refractivity contribution < 1.29 is 0 Å². The summed E-state index contributed by atoms with van der Waals surface area (Å²) in [6.45, 7) is 1.87. The third-order valence-corrected chi connectivity index (χ3v) is 3.43. The quantitative estimate of drug-likeness (QED) is 0.426. The molecule has 0 aliphatic heterocycles. The van der Waals surface area contributed by atoms with Crippen molar-refractivity contribution in [2.45, 2.75) is 13.2 Å². The van der Waals surface area contributed by atoms with E-state index in [9.17, 15) is 0 Å². The second-order valence-electron chi connectivity index (χ2n) is 4.75. The highest BCUT2D eigenvalue weighted by molar-refractivity contribution is 6.31. The van der Waals surface area contributed by atoms with Crippen LogP contribution in [-0.2, 0) is 0 Å². The largest absolute Gasteiger partial charge is 0.292 e. The van der Waals surface area contributed by atoms with Gasteiger partial charge in [-0.15, -0.1) is 0 Å². The van der Waals surface area contributed by atoms with Crippen LogP contribution in [0.15, 0.2) is 58.7 Å². The number of benzene rings is 2. The lowest BCUT2D eigenvalue weighted by Crippen LogP contribution is -2.44. The molecule has 1 atom stereocenters. The highest BCUT2D eigenvalue weighted by Gasteiger charge is 1.99. The zero-order valence-electron chi connectivity index (χ0n) is 12.5. The summed E-state index contributed by atoms with van der Waals surface area (Å²) in [5.41, 5.74) is 14.0. The van der Waals surface area contributed by atoms with Crippen molar-refractivity contribution >= 4 is 35.1 Å². The maximum Gasteiger partial charge on any atom is 0.180 e. The van der Waals surface area contributed by atoms with Gasteiger partial charge in [0.05, 0.1) is 11.9 Å². The molecule has 0 aliphatic rings. The van der Waals surface area contributed by atoms with Crippen LogP contribution >= 0.6 is 23.2 Å². The van der Waals surface area contributed by atoms with Gasteiger partial charge < -0.3 is 0 Å². The Bertz CT molecular complexity index is 681. The molecule has 2 aromatic carbocycles. The second-order valence-corrected chi connectivity index (χ2v) is 5.62. The van der Waals surface area contributed by atoms with Crippen LogP contribution in [0.3, 0.4) is 0 Å². The van der Waals surface area contributed by atoms with Crippen LogP contribution in [0.5, 0.6) is 0 Å². The molecular formula is C16H17Cl2N5. The maximum absolute atomic E-state index is 5.85. The molecule has 0 saturated carbocycles. The van der Waals surface area contributed by atoms with Gasteiger partial charge in [-0.05, 0) is 42.3 Å². The molecule has 0 spiro atoms. The Hall–Kier alpha value is -2.08. The van der Waals surface area contributed by atoms with Crippen molar-refractivity contribution in [2.75, 3.05) is 0 Å². The van der Waals surface area contributed by atoms with Crippen molar-refractivity contribution in [3.8, 4) is 0 Å². The fraction of sp³-hybridized carbons (Fsp3) is 0.125. The molecule has 0 heterocycles. The molecule has 0 aromatic heterocycles. The lowest BCUT2D eigenvalue weighted by molar-refractivity contribution is 0.463. The predicted molar refractivity (Wildman–Crippen MR) is 97.0 cm³/mol. The zero-order valence-corrected chi connectivity index (χ0v) is 14.0. The third-order valence-electron chi connectivity index (χ3n) is 2.93. The third kappa shape index (κ3) is 5.90. The van der Waals surface area contributed by atoms with Crippen LogP contribution in [0.1, 0.15) is 18.1 Å². The van der Waals surface area contributed by atoms with E-state index >= 15 is 0 Å². The van der Waals surface area contributed by atoms with Crippen LogP contribution in [0.25, 0.3) is 0 Å². The van der Waals surface area contributed by atoms with E-state index in [1.54, 1.807) is 18.3 Å². The van der Waals surface area contributed by atoms with Gasteiger partial charge in [0.15, 0.2) is 6.29 Å². The predicted octanol–water partition coefficient (Wildman–Crippen LogP) is 3.17. The average molecular weight is 350 g/mol. The van der Waals surface area contributed by atoms with Gasteiger partial charge in [-0.25, -0.2) is 0 Å². The SMILES string of the molecule is C/C(=N\NC(N)N/N=C/c1ccc(Cl)cc1)c1ccc(Cl)cc1. The minimum absolute atomic E-state index is 0.610. The normalized spacial score (nSPS) is 13.1.